The molecule has 0 radical (unpaired) electrons. The maximum Gasteiger partial charge on any atom is 0.251 e. The largest absolute Gasteiger partial charge is 0.491 e. The first-order valence-corrected chi connectivity index (χ1v) is 13.3. The van der Waals surface area contributed by atoms with Crippen LogP contribution in [0.4, 0.5) is 0 Å². The Morgan fingerprint density at radius 3 is 2.57 bits per heavy atom. The second kappa shape index (κ2) is 11.5. The molecule has 3 N–H and O–H groups in total. The van der Waals surface area contributed by atoms with E-state index in [1.165, 1.54) is 16.7 Å². The van der Waals surface area contributed by atoms with Crippen LogP contribution in [-0.4, -0.2) is 48.5 Å². The van der Waals surface area contributed by atoms with E-state index in [9.17, 15) is 9.90 Å². The molecule has 0 spiro atoms. The van der Waals surface area contributed by atoms with Crippen molar-refractivity contribution in [1.29, 1.82) is 0 Å². The van der Waals surface area contributed by atoms with Gasteiger partial charge in [0.15, 0.2) is 0 Å². The monoisotopic (exact) mass is 478 g/mol. The van der Waals surface area contributed by atoms with Crippen LogP contribution in [0.3, 0.4) is 0 Å². The summed E-state index contributed by atoms with van der Waals surface area (Å²) in [5.74, 6) is 0.748. The molecule has 1 aliphatic heterocycles. The molecule has 6 nitrogen and oxygen atoms in total. The summed E-state index contributed by atoms with van der Waals surface area (Å²) < 4.78 is 11.4. The van der Waals surface area contributed by atoms with Crippen molar-refractivity contribution in [1.82, 2.24) is 10.6 Å². The van der Waals surface area contributed by atoms with Gasteiger partial charge in [-0.3, -0.25) is 4.79 Å². The van der Waals surface area contributed by atoms with Gasteiger partial charge in [0, 0.05) is 30.8 Å². The first-order chi connectivity index (χ1) is 17.1. The van der Waals surface area contributed by atoms with Gasteiger partial charge in [0.1, 0.15) is 12.4 Å². The fourth-order valence-corrected chi connectivity index (χ4v) is 5.52. The number of fused-ring (bicyclic) bond motifs is 1. The van der Waals surface area contributed by atoms with Crippen LogP contribution in [0.1, 0.15) is 72.0 Å². The number of benzene rings is 2. The van der Waals surface area contributed by atoms with Gasteiger partial charge in [-0.15, -0.1) is 0 Å². The van der Waals surface area contributed by atoms with Crippen LogP contribution in [0, 0.1) is 0 Å². The Kier molecular flexibility index (Phi) is 8.02. The van der Waals surface area contributed by atoms with Gasteiger partial charge in [-0.05, 0) is 98.7 Å². The highest BCUT2D eigenvalue weighted by Crippen LogP contribution is 2.24. The first kappa shape index (κ1) is 24.3. The molecule has 1 saturated heterocycles. The zero-order valence-corrected chi connectivity index (χ0v) is 20.5. The van der Waals surface area contributed by atoms with Gasteiger partial charge in [-0.25, -0.2) is 0 Å². The summed E-state index contributed by atoms with van der Waals surface area (Å²) >= 11 is 0. The minimum absolute atomic E-state index is 0.0254. The van der Waals surface area contributed by atoms with Gasteiger partial charge in [0.05, 0.1) is 12.2 Å². The Bertz CT molecular complexity index is 979. The van der Waals surface area contributed by atoms with Crippen molar-refractivity contribution in [2.45, 2.75) is 88.6 Å². The highest BCUT2D eigenvalue weighted by atomic mass is 16.5. The molecule has 2 fully saturated rings. The number of nitrogens with one attached hydrogen (secondary N) is 2. The number of aryl methyl sites for hydroxylation is 1. The normalized spacial score (nSPS) is 26.2. The Labute approximate surface area is 208 Å². The Hall–Kier alpha value is -2.41. The molecular formula is C29H38N2O4. The second-order valence-corrected chi connectivity index (χ2v) is 10.4. The number of aliphatic hydroxyl groups excluding tert-OH is 1. The Morgan fingerprint density at radius 1 is 0.971 bits per heavy atom. The standard InChI is InChI=1S/C29H38N2O4/c32-26-11-9-24(10-12-26)30-18-20-3-4-23-17-25(8-5-22(23)16-20)31-29(33)21-6-13-27(14-7-21)35-19-28-2-1-15-34-28/h3-4,6-7,13-14,16,24-26,28,30,32H,1-2,5,8-12,15,17-19H2,(H,31,33)/t24-,25-,26-,28-/m0/s1. The van der Waals surface area contributed by atoms with Gasteiger partial charge < -0.3 is 25.2 Å². The van der Waals surface area contributed by atoms with E-state index in [1.807, 2.05) is 24.3 Å². The molecule has 1 amide bonds. The highest BCUT2D eigenvalue weighted by Gasteiger charge is 2.22. The van der Waals surface area contributed by atoms with E-state index in [0.717, 1.165) is 76.7 Å². The zero-order chi connectivity index (χ0) is 24.0. The maximum atomic E-state index is 12.8. The summed E-state index contributed by atoms with van der Waals surface area (Å²) in [7, 11) is 0. The van der Waals surface area contributed by atoms with Gasteiger partial charge in [-0.1, -0.05) is 18.2 Å². The minimum atomic E-state index is -0.111. The molecule has 188 valence electrons. The molecule has 35 heavy (non-hydrogen) atoms. The maximum absolute atomic E-state index is 12.8. The van der Waals surface area contributed by atoms with Crippen LogP contribution in [0.25, 0.3) is 0 Å². The lowest BCUT2D eigenvalue weighted by atomic mass is 9.87. The van der Waals surface area contributed by atoms with Crippen molar-refractivity contribution in [3.05, 3.63) is 64.7 Å². The van der Waals surface area contributed by atoms with Gasteiger partial charge in [-0.2, -0.15) is 0 Å². The van der Waals surface area contributed by atoms with E-state index >= 15 is 0 Å². The van der Waals surface area contributed by atoms with Crippen LogP contribution < -0.4 is 15.4 Å². The zero-order valence-electron chi connectivity index (χ0n) is 20.5. The number of carbonyl (C=O) groups excluding carboxylic acids is 1. The summed E-state index contributed by atoms with van der Waals surface area (Å²) in [5, 5.41) is 16.6. The Balaban J connectivity index is 1.09. The van der Waals surface area contributed by atoms with Crippen LogP contribution in [0.5, 0.6) is 5.75 Å². The lowest BCUT2D eigenvalue weighted by Crippen LogP contribution is -2.39. The first-order valence-electron chi connectivity index (χ1n) is 13.3. The molecule has 0 unspecified atom stereocenters. The van der Waals surface area contributed by atoms with Gasteiger partial charge >= 0.3 is 0 Å². The third-order valence-electron chi connectivity index (χ3n) is 7.70. The lowest BCUT2D eigenvalue weighted by Gasteiger charge is -2.27. The number of hydrogen-bond donors (Lipinski definition) is 3. The lowest BCUT2D eigenvalue weighted by molar-refractivity contribution is 0.0679. The fraction of sp³-hybridized carbons (Fsp3) is 0.552. The number of ether oxygens (including phenoxy) is 2. The summed E-state index contributed by atoms with van der Waals surface area (Å²) in [6.07, 6.45) is 8.96. The minimum Gasteiger partial charge on any atom is -0.491 e. The van der Waals surface area contributed by atoms with Crippen molar-refractivity contribution < 1.29 is 19.4 Å². The van der Waals surface area contributed by atoms with E-state index < -0.39 is 0 Å². The van der Waals surface area contributed by atoms with E-state index in [2.05, 4.69) is 28.8 Å². The van der Waals surface area contributed by atoms with Crippen molar-refractivity contribution in [2.24, 2.45) is 0 Å². The molecule has 0 bridgehead atoms. The summed E-state index contributed by atoms with van der Waals surface area (Å²) in [6.45, 7) is 2.27. The molecule has 2 aromatic rings. The van der Waals surface area contributed by atoms with Crippen LogP contribution >= 0.6 is 0 Å². The van der Waals surface area contributed by atoms with E-state index in [4.69, 9.17) is 9.47 Å². The van der Waals surface area contributed by atoms with Crippen molar-refractivity contribution >= 4 is 5.91 Å². The summed E-state index contributed by atoms with van der Waals surface area (Å²) in [4.78, 5) is 12.8. The number of hydrogen-bond acceptors (Lipinski definition) is 5. The number of rotatable bonds is 8. The smallest absolute Gasteiger partial charge is 0.251 e. The predicted octanol–water partition coefficient (Wildman–Crippen LogP) is 3.92. The van der Waals surface area contributed by atoms with Gasteiger partial charge in [0.25, 0.3) is 5.91 Å². The van der Waals surface area contributed by atoms with E-state index in [-0.39, 0.29) is 24.2 Å². The average Bonchev–Trinajstić information content (AvgIpc) is 3.41. The highest BCUT2D eigenvalue weighted by molar-refractivity contribution is 5.94. The fourth-order valence-electron chi connectivity index (χ4n) is 5.52. The molecular weight excluding hydrogens is 440 g/mol. The number of carbonyl (C=O) groups is 1. The van der Waals surface area contributed by atoms with Gasteiger partial charge in [0.2, 0.25) is 0 Å². The van der Waals surface area contributed by atoms with E-state index in [0.29, 0.717) is 18.2 Å². The Morgan fingerprint density at radius 2 is 1.80 bits per heavy atom. The molecule has 1 saturated carbocycles. The van der Waals surface area contributed by atoms with Crippen LogP contribution in [-0.2, 0) is 24.1 Å². The van der Waals surface area contributed by atoms with Crippen molar-refractivity contribution in [2.75, 3.05) is 13.2 Å². The molecule has 1 heterocycles. The molecule has 2 atom stereocenters. The molecule has 2 aliphatic carbocycles. The molecule has 5 rings (SSSR count). The third-order valence-corrected chi connectivity index (χ3v) is 7.70. The molecule has 0 aromatic heterocycles. The molecule has 2 aromatic carbocycles. The SMILES string of the molecule is O=C(N[C@H]1CCc2cc(CN[C@H]3CC[C@H](O)CC3)ccc2C1)c1ccc(OC[C@@H]2CCCO2)cc1. The van der Waals surface area contributed by atoms with Crippen LogP contribution in [0.2, 0.25) is 0 Å². The average molecular weight is 479 g/mol. The van der Waals surface area contributed by atoms with Crippen molar-refractivity contribution in [3.63, 3.8) is 0 Å². The van der Waals surface area contributed by atoms with Crippen molar-refractivity contribution in [3.8, 4) is 5.75 Å². The quantitative estimate of drug-likeness (QED) is 0.536. The third kappa shape index (κ3) is 6.63. The number of aliphatic hydroxyl groups is 1. The summed E-state index contributed by atoms with van der Waals surface area (Å²) in [5.41, 5.74) is 4.72. The summed E-state index contributed by atoms with van der Waals surface area (Å²) in [6, 6.07) is 14.8. The molecule has 6 heteroatoms. The second-order valence-electron chi connectivity index (χ2n) is 10.4. The number of amides is 1. The molecule has 3 aliphatic rings. The van der Waals surface area contributed by atoms with Crippen LogP contribution in [0.15, 0.2) is 42.5 Å². The predicted molar refractivity (Wildman–Crippen MR) is 136 cm³/mol. The van der Waals surface area contributed by atoms with E-state index in [1.54, 1.807) is 0 Å². The topological polar surface area (TPSA) is 79.8 Å².